The second-order valence-corrected chi connectivity index (χ2v) is 9.72. The topological polar surface area (TPSA) is 86.8 Å². The molecule has 3 rings (SSSR count). The van der Waals surface area contributed by atoms with E-state index >= 15 is 0 Å². The smallest absolute Gasteiger partial charge is 0.254 e. The van der Waals surface area contributed by atoms with Gasteiger partial charge in [-0.3, -0.25) is 9.59 Å². The van der Waals surface area contributed by atoms with Gasteiger partial charge in [0.15, 0.2) is 14.6 Å². The van der Waals surface area contributed by atoms with Crippen molar-refractivity contribution in [2.45, 2.75) is 17.6 Å². The average molecular weight is 422 g/mol. The molecule has 0 radical (unpaired) electrons. The first-order chi connectivity index (χ1) is 11.8. The maximum absolute atomic E-state index is 13.0. The Kier molecular flexibility index (Phi) is 6.70. The van der Waals surface area contributed by atoms with Crippen molar-refractivity contribution in [2.24, 2.45) is 0 Å². The molecule has 0 bridgehead atoms. The van der Waals surface area contributed by atoms with Crippen LogP contribution in [0.25, 0.3) is 0 Å². The minimum absolute atomic E-state index is 0. The Morgan fingerprint density at radius 2 is 1.69 bits per heavy atom. The molecule has 1 N–H and O–H groups in total. The Bertz CT molecular complexity index is 738. The largest absolute Gasteiger partial charge is 0.338 e. The summed E-state index contributed by atoms with van der Waals surface area (Å²) >= 11 is 1.47. The number of carbonyl (C=O) groups excluding carboxylic acids is 2. The minimum Gasteiger partial charge on any atom is -0.338 e. The molecule has 10 heteroatoms. The SMILES string of the molecule is CS(=O)(=O)C1(C(=O)N2CCN(C(=O)c3ccsc3)CC2)CCNCC1.Cl. The van der Waals surface area contributed by atoms with Crippen molar-refractivity contribution in [3.05, 3.63) is 22.4 Å². The fourth-order valence-corrected chi connectivity index (χ4v) is 5.57. The summed E-state index contributed by atoms with van der Waals surface area (Å²) in [4.78, 5) is 28.8. The molecule has 7 nitrogen and oxygen atoms in total. The van der Waals surface area contributed by atoms with Gasteiger partial charge in [0.05, 0.1) is 5.56 Å². The van der Waals surface area contributed by atoms with Crippen LogP contribution in [0.2, 0.25) is 0 Å². The number of hydrogen-bond acceptors (Lipinski definition) is 6. The summed E-state index contributed by atoms with van der Waals surface area (Å²) in [7, 11) is -3.51. The van der Waals surface area contributed by atoms with Gasteiger partial charge in [0.1, 0.15) is 0 Å². The Morgan fingerprint density at radius 1 is 1.12 bits per heavy atom. The Balaban J connectivity index is 0.00000243. The van der Waals surface area contributed by atoms with Crippen LogP contribution in [-0.4, -0.2) is 80.3 Å². The van der Waals surface area contributed by atoms with Gasteiger partial charge in [-0.2, -0.15) is 11.3 Å². The number of piperidine rings is 1. The van der Waals surface area contributed by atoms with Crippen LogP contribution in [0.15, 0.2) is 16.8 Å². The van der Waals surface area contributed by atoms with Crippen molar-refractivity contribution in [2.75, 3.05) is 45.5 Å². The van der Waals surface area contributed by atoms with Crippen LogP contribution in [0, 0.1) is 0 Å². The third kappa shape index (κ3) is 3.90. The molecule has 2 aliphatic rings. The van der Waals surface area contributed by atoms with Gasteiger partial charge in [0.25, 0.3) is 5.91 Å². The monoisotopic (exact) mass is 421 g/mol. The summed E-state index contributed by atoms with van der Waals surface area (Å²) in [6.07, 6.45) is 1.77. The highest BCUT2D eigenvalue weighted by Crippen LogP contribution is 2.30. The molecule has 0 aliphatic carbocycles. The molecular formula is C16H24ClN3O4S2. The quantitative estimate of drug-likeness (QED) is 0.773. The minimum atomic E-state index is -3.51. The van der Waals surface area contributed by atoms with Crippen LogP contribution in [0.4, 0.5) is 0 Å². The number of piperazine rings is 1. The zero-order chi connectivity index (χ0) is 18.1. The van der Waals surface area contributed by atoms with E-state index in [9.17, 15) is 18.0 Å². The number of nitrogens with zero attached hydrogens (tertiary/aromatic N) is 2. The van der Waals surface area contributed by atoms with Gasteiger partial charge < -0.3 is 15.1 Å². The zero-order valence-corrected chi connectivity index (χ0v) is 17.1. The molecule has 0 saturated carbocycles. The number of hydrogen-bond donors (Lipinski definition) is 1. The van der Waals surface area contributed by atoms with Gasteiger partial charge in [-0.05, 0) is 37.4 Å². The predicted molar refractivity (Wildman–Crippen MR) is 104 cm³/mol. The van der Waals surface area contributed by atoms with Gasteiger partial charge in [0, 0.05) is 37.8 Å². The van der Waals surface area contributed by atoms with Crippen LogP contribution in [0.5, 0.6) is 0 Å². The molecule has 0 spiro atoms. The lowest BCUT2D eigenvalue weighted by Crippen LogP contribution is -2.61. The molecule has 0 unspecified atom stereocenters. The van der Waals surface area contributed by atoms with Gasteiger partial charge in [0.2, 0.25) is 5.91 Å². The van der Waals surface area contributed by atoms with Crippen molar-refractivity contribution in [3.63, 3.8) is 0 Å². The van der Waals surface area contributed by atoms with Crippen molar-refractivity contribution in [3.8, 4) is 0 Å². The van der Waals surface area contributed by atoms with E-state index in [0.29, 0.717) is 57.7 Å². The number of thiophene rings is 1. The molecule has 1 aromatic heterocycles. The first-order valence-corrected chi connectivity index (χ1v) is 11.2. The normalized spacial score (nSPS) is 20.3. The summed E-state index contributed by atoms with van der Waals surface area (Å²) in [5, 5.41) is 6.79. The van der Waals surface area contributed by atoms with E-state index < -0.39 is 14.6 Å². The van der Waals surface area contributed by atoms with E-state index in [4.69, 9.17) is 0 Å². The van der Waals surface area contributed by atoms with E-state index in [1.54, 1.807) is 15.9 Å². The second-order valence-electron chi connectivity index (χ2n) is 6.61. The van der Waals surface area contributed by atoms with Gasteiger partial charge >= 0.3 is 0 Å². The van der Waals surface area contributed by atoms with E-state index in [1.165, 1.54) is 11.3 Å². The highest BCUT2D eigenvalue weighted by atomic mass is 35.5. The molecule has 2 aliphatic heterocycles. The molecule has 26 heavy (non-hydrogen) atoms. The van der Waals surface area contributed by atoms with Gasteiger partial charge in [-0.15, -0.1) is 12.4 Å². The lowest BCUT2D eigenvalue weighted by Gasteiger charge is -2.41. The first kappa shape index (κ1) is 21.1. The number of amides is 2. The predicted octanol–water partition coefficient (Wildman–Crippen LogP) is 0.621. The summed E-state index contributed by atoms with van der Waals surface area (Å²) < 4.78 is 23.4. The van der Waals surface area contributed by atoms with Crippen LogP contribution in [-0.2, 0) is 14.6 Å². The van der Waals surface area contributed by atoms with E-state index in [1.807, 2.05) is 10.8 Å². The summed E-state index contributed by atoms with van der Waals surface area (Å²) in [6, 6.07) is 1.79. The highest BCUT2D eigenvalue weighted by molar-refractivity contribution is 7.92. The first-order valence-electron chi connectivity index (χ1n) is 8.36. The van der Waals surface area contributed by atoms with Gasteiger partial charge in [-0.25, -0.2) is 8.42 Å². The Labute approximate surface area is 164 Å². The van der Waals surface area contributed by atoms with Gasteiger partial charge in [-0.1, -0.05) is 0 Å². The van der Waals surface area contributed by atoms with Crippen LogP contribution in [0.1, 0.15) is 23.2 Å². The van der Waals surface area contributed by atoms with E-state index in [0.717, 1.165) is 6.26 Å². The Hall–Kier alpha value is -1.16. The van der Waals surface area contributed by atoms with Crippen molar-refractivity contribution in [1.29, 1.82) is 0 Å². The number of halogens is 1. The third-order valence-corrected chi connectivity index (χ3v) is 7.82. The lowest BCUT2D eigenvalue weighted by molar-refractivity contribution is -0.136. The zero-order valence-electron chi connectivity index (χ0n) is 14.6. The molecule has 0 aromatic carbocycles. The summed E-state index contributed by atoms with van der Waals surface area (Å²) in [6.45, 7) is 2.65. The second kappa shape index (κ2) is 8.24. The molecular weight excluding hydrogens is 398 g/mol. The van der Waals surface area contributed by atoms with Crippen molar-refractivity contribution in [1.82, 2.24) is 15.1 Å². The molecule has 2 amide bonds. The van der Waals surface area contributed by atoms with Crippen LogP contribution in [0.3, 0.4) is 0 Å². The van der Waals surface area contributed by atoms with Crippen molar-refractivity contribution < 1.29 is 18.0 Å². The van der Waals surface area contributed by atoms with Crippen LogP contribution < -0.4 is 5.32 Å². The molecule has 3 heterocycles. The summed E-state index contributed by atoms with van der Waals surface area (Å²) in [5.41, 5.74) is 0.663. The summed E-state index contributed by atoms with van der Waals surface area (Å²) in [5.74, 6) is -0.341. The molecule has 146 valence electrons. The fraction of sp³-hybridized carbons (Fsp3) is 0.625. The molecule has 2 saturated heterocycles. The highest BCUT2D eigenvalue weighted by Gasteiger charge is 2.50. The molecule has 1 aromatic rings. The standard InChI is InChI=1S/C16H23N3O4S2.ClH/c1-25(22,23)16(3-5-17-6-4-16)15(21)19-9-7-18(8-10-19)14(20)13-2-11-24-12-13;/h2,11-12,17H,3-10H2,1H3;1H. The number of carbonyl (C=O) groups is 2. The molecule has 0 atom stereocenters. The number of nitrogens with one attached hydrogen (secondary N) is 1. The van der Waals surface area contributed by atoms with E-state index in [-0.39, 0.29) is 24.2 Å². The molecule has 2 fully saturated rings. The maximum Gasteiger partial charge on any atom is 0.254 e. The Morgan fingerprint density at radius 3 is 2.19 bits per heavy atom. The number of rotatable bonds is 3. The third-order valence-electron chi connectivity index (χ3n) is 5.13. The van der Waals surface area contributed by atoms with Crippen LogP contribution >= 0.6 is 23.7 Å². The lowest BCUT2D eigenvalue weighted by atomic mass is 9.94. The van der Waals surface area contributed by atoms with Crippen molar-refractivity contribution >= 4 is 45.4 Å². The number of sulfone groups is 1. The fourth-order valence-electron chi connectivity index (χ4n) is 3.54. The maximum atomic E-state index is 13.0. The van der Waals surface area contributed by atoms with E-state index in [2.05, 4.69) is 5.32 Å². The average Bonchev–Trinajstić information content (AvgIpc) is 3.15.